The van der Waals surface area contributed by atoms with Crippen molar-refractivity contribution in [3.8, 4) is 0 Å². The number of piperidine rings is 2. The highest BCUT2D eigenvalue weighted by molar-refractivity contribution is 5.80. The summed E-state index contributed by atoms with van der Waals surface area (Å²) in [4.78, 5) is 14.3. The fraction of sp³-hybridized carbons (Fsp3) is 0.929. The number of fused-ring (bicyclic) bond motifs is 2. The molecule has 0 saturated carbocycles. The first-order valence-corrected chi connectivity index (χ1v) is 7.01. The van der Waals surface area contributed by atoms with E-state index in [1.807, 2.05) is 0 Å². The largest absolute Gasteiger partial charge is 0.300 e. The van der Waals surface area contributed by atoms with Crippen LogP contribution in [0.25, 0.3) is 0 Å². The predicted molar refractivity (Wildman–Crippen MR) is 66.5 cm³/mol. The first-order chi connectivity index (χ1) is 7.72. The van der Waals surface area contributed by atoms with E-state index in [0.717, 1.165) is 12.8 Å². The van der Waals surface area contributed by atoms with E-state index in [2.05, 4.69) is 18.7 Å². The zero-order chi connectivity index (χ0) is 11.5. The molecular weight excluding hydrogens is 198 g/mol. The third-order valence-electron chi connectivity index (χ3n) is 4.33. The molecular formula is C14H25NO. The van der Waals surface area contributed by atoms with Crippen molar-refractivity contribution >= 4 is 5.78 Å². The van der Waals surface area contributed by atoms with Gasteiger partial charge in [-0.1, -0.05) is 26.2 Å². The Morgan fingerprint density at radius 3 is 2.50 bits per heavy atom. The van der Waals surface area contributed by atoms with Crippen molar-refractivity contribution in [1.82, 2.24) is 4.90 Å². The second-order valence-corrected chi connectivity index (χ2v) is 5.62. The van der Waals surface area contributed by atoms with E-state index in [1.165, 1.54) is 38.5 Å². The van der Waals surface area contributed by atoms with Gasteiger partial charge in [0.1, 0.15) is 5.78 Å². The van der Waals surface area contributed by atoms with Crippen LogP contribution in [0.2, 0.25) is 0 Å². The first-order valence-electron chi connectivity index (χ1n) is 7.01. The van der Waals surface area contributed by atoms with E-state index >= 15 is 0 Å². The molecule has 2 nitrogen and oxygen atoms in total. The van der Waals surface area contributed by atoms with Crippen molar-refractivity contribution in [1.29, 1.82) is 0 Å². The Bertz CT molecular complexity index is 235. The maximum absolute atomic E-state index is 11.6. The van der Waals surface area contributed by atoms with Crippen molar-refractivity contribution in [2.45, 2.75) is 83.3 Å². The zero-order valence-corrected chi connectivity index (χ0v) is 10.7. The van der Waals surface area contributed by atoms with Gasteiger partial charge in [-0.25, -0.2) is 0 Å². The summed E-state index contributed by atoms with van der Waals surface area (Å²) >= 11 is 0. The number of hydrogen-bond acceptors (Lipinski definition) is 2. The molecule has 0 amide bonds. The highest BCUT2D eigenvalue weighted by Gasteiger charge is 2.39. The third kappa shape index (κ3) is 2.48. The SMILES string of the molecule is CCCCC(C)N1C2CCCC1CC(=O)C2. The summed E-state index contributed by atoms with van der Waals surface area (Å²) in [6.07, 6.45) is 9.39. The molecule has 16 heavy (non-hydrogen) atoms. The number of ketones is 1. The van der Waals surface area contributed by atoms with Crippen LogP contribution in [0.15, 0.2) is 0 Å². The summed E-state index contributed by atoms with van der Waals surface area (Å²) < 4.78 is 0. The second kappa shape index (κ2) is 5.31. The van der Waals surface area contributed by atoms with E-state index in [4.69, 9.17) is 0 Å². The van der Waals surface area contributed by atoms with Crippen molar-refractivity contribution in [2.24, 2.45) is 0 Å². The molecule has 0 radical (unpaired) electrons. The molecule has 0 aromatic carbocycles. The minimum atomic E-state index is 0.508. The maximum atomic E-state index is 11.6. The van der Waals surface area contributed by atoms with Crippen molar-refractivity contribution in [3.05, 3.63) is 0 Å². The van der Waals surface area contributed by atoms with Crippen LogP contribution >= 0.6 is 0 Å². The van der Waals surface area contributed by atoms with E-state index in [-0.39, 0.29) is 0 Å². The first kappa shape index (κ1) is 12.1. The molecule has 0 spiro atoms. The van der Waals surface area contributed by atoms with Crippen LogP contribution < -0.4 is 0 Å². The molecule has 2 fully saturated rings. The molecule has 0 aromatic heterocycles. The summed E-state index contributed by atoms with van der Waals surface area (Å²) in [6, 6.07) is 1.84. The highest BCUT2D eigenvalue weighted by atomic mass is 16.1. The Hall–Kier alpha value is -0.370. The van der Waals surface area contributed by atoms with Crippen molar-refractivity contribution in [3.63, 3.8) is 0 Å². The molecule has 0 N–H and O–H groups in total. The molecule has 0 aliphatic carbocycles. The van der Waals surface area contributed by atoms with E-state index in [1.54, 1.807) is 0 Å². The maximum Gasteiger partial charge on any atom is 0.136 e. The molecule has 2 aliphatic heterocycles. The number of nitrogens with zero attached hydrogens (tertiary/aromatic N) is 1. The van der Waals surface area contributed by atoms with Gasteiger partial charge in [-0.2, -0.15) is 0 Å². The number of Topliss-reactive ketones (excluding diaryl/α,β-unsaturated/α-hetero) is 1. The van der Waals surface area contributed by atoms with Gasteiger partial charge < -0.3 is 0 Å². The Balaban J connectivity index is 1.99. The van der Waals surface area contributed by atoms with Gasteiger partial charge in [-0.05, 0) is 26.2 Å². The molecule has 2 bridgehead atoms. The summed E-state index contributed by atoms with van der Waals surface area (Å²) in [5.41, 5.74) is 0. The third-order valence-corrected chi connectivity index (χ3v) is 4.33. The normalized spacial score (nSPS) is 32.8. The fourth-order valence-electron chi connectivity index (χ4n) is 3.58. The van der Waals surface area contributed by atoms with Crippen LogP contribution in [0.4, 0.5) is 0 Å². The smallest absolute Gasteiger partial charge is 0.136 e. The molecule has 0 aromatic rings. The average Bonchev–Trinajstić information content (AvgIpc) is 2.24. The fourth-order valence-corrected chi connectivity index (χ4v) is 3.58. The van der Waals surface area contributed by atoms with E-state index in [0.29, 0.717) is 23.9 Å². The van der Waals surface area contributed by atoms with Gasteiger partial charge in [0.2, 0.25) is 0 Å². The van der Waals surface area contributed by atoms with Gasteiger partial charge in [0.05, 0.1) is 0 Å². The molecule has 92 valence electrons. The Morgan fingerprint density at radius 2 is 1.94 bits per heavy atom. The lowest BCUT2D eigenvalue weighted by Crippen LogP contribution is -2.55. The molecule has 3 unspecified atom stereocenters. The lowest BCUT2D eigenvalue weighted by atomic mass is 9.82. The van der Waals surface area contributed by atoms with E-state index < -0.39 is 0 Å². The van der Waals surface area contributed by atoms with Crippen LogP contribution in [0.1, 0.15) is 65.2 Å². The highest BCUT2D eigenvalue weighted by Crippen LogP contribution is 2.34. The summed E-state index contributed by atoms with van der Waals surface area (Å²) in [5, 5.41) is 0. The number of hydrogen-bond donors (Lipinski definition) is 0. The zero-order valence-electron chi connectivity index (χ0n) is 10.7. The van der Waals surface area contributed by atoms with Crippen LogP contribution in [0.5, 0.6) is 0 Å². The molecule has 2 heteroatoms. The predicted octanol–water partition coefficient (Wildman–Crippen LogP) is 3.15. The van der Waals surface area contributed by atoms with Crippen LogP contribution in [-0.4, -0.2) is 28.8 Å². The van der Waals surface area contributed by atoms with Crippen LogP contribution in [-0.2, 0) is 4.79 Å². The molecule has 2 saturated heterocycles. The van der Waals surface area contributed by atoms with Gasteiger partial charge >= 0.3 is 0 Å². The van der Waals surface area contributed by atoms with Crippen molar-refractivity contribution in [2.75, 3.05) is 0 Å². The minimum Gasteiger partial charge on any atom is -0.300 e. The lowest BCUT2D eigenvalue weighted by Gasteiger charge is -2.48. The Kier molecular flexibility index (Phi) is 4.01. The van der Waals surface area contributed by atoms with Gasteiger partial charge in [0, 0.05) is 31.0 Å². The van der Waals surface area contributed by atoms with Gasteiger partial charge in [0.15, 0.2) is 0 Å². The number of unbranched alkanes of at least 4 members (excludes halogenated alkanes) is 1. The number of carbonyl (C=O) groups excluding carboxylic acids is 1. The molecule has 2 aliphatic rings. The van der Waals surface area contributed by atoms with Crippen molar-refractivity contribution < 1.29 is 4.79 Å². The number of rotatable bonds is 4. The van der Waals surface area contributed by atoms with Crippen LogP contribution in [0, 0.1) is 0 Å². The van der Waals surface area contributed by atoms with Gasteiger partial charge in [-0.15, -0.1) is 0 Å². The second-order valence-electron chi connectivity index (χ2n) is 5.62. The topological polar surface area (TPSA) is 20.3 Å². The lowest BCUT2D eigenvalue weighted by molar-refractivity contribution is -0.128. The van der Waals surface area contributed by atoms with Gasteiger partial charge in [-0.3, -0.25) is 9.69 Å². The standard InChI is InChI=1S/C14H25NO/c1-3-4-6-11(2)15-12-7-5-8-13(15)10-14(16)9-12/h11-13H,3-10H2,1-2H3. The summed E-state index contributed by atoms with van der Waals surface area (Å²) in [5.74, 6) is 0.508. The average molecular weight is 223 g/mol. The summed E-state index contributed by atoms with van der Waals surface area (Å²) in [7, 11) is 0. The minimum absolute atomic E-state index is 0.508. The Labute approximate surface area is 99.4 Å². The molecule has 2 heterocycles. The molecule has 3 atom stereocenters. The quantitative estimate of drug-likeness (QED) is 0.729. The Morgan fingerprint density at radius 1 is 1.31 bits per heavy atom. The number of carbonyl (C=O) groups is 1. The molecule has 2 rings (SSSR count). The summed E-state index contributed by atoms with van der Waals surface area (Å²) in [6.45, 7) is 4.62. The monoisotopic (exact) mass is 223 g/mol. The van der Waals surface area contributed by atoms with Crippen LogP contribution in [0.3, 0.4) is 0 Å². The van der Waals surface area contributed by atoms with Gasteiger partial charge in [0.25, 0.3) is 0 Å². The van der Waals surface area contributed by atoms with E-state index in [9.17, 15) is 4.79 Å².